The molecule has 2 aromatic rings. The number of hydrogen-bond acceptors (Lipinski definition) is 2. The van der Waals surface area contributed by atoms with E-state index in [1.54, 1.807) is 0 Å². The zero-order chi connectivity index (χ0) is 15.4. The Morgan fingerprint density at radius 3 is 2.64 bits per heavy atom. The molecular weight excluding hydrogens is 268 g/mol. The van der Waals surface area contributed by atoms with Crippen LogP contribution >= 0.6 is 0 Å². The molecule has 2 heteroatoms. The van der Waals surface area contributed by atoms with E-state index in [2.05, 4.69) is 49.3 Å². The van der Waals surface area contributed by atoms with Gasteiger partial charge in [0.2, 0.25) is 0 Å². The highest BCUT2D eigenvalue weighted by Crippen LogP contribution is 2.28. The van der Waals surface area contributed by atoms with Crippen molar-refractivity contribution in [3.63, 3.8) is 0 Å². The summed E-state index contributed by atoms with van der Waals surface area (Å²) < 4.78 is 0. The summed E-state index contributed by atoms with van der Waals surface area (Å²) in [5, 5.41) is 0. The van der Waals surface area contributed by atoms with E-state index in [0.29, 0.717) is 0 Å². The van der Waals surface area contributed by atoms with Crippen molar-refractivity contribution in [1.29, 1.82) is 0 Å². The van der Waals surface area contributed by atoms with Gasteiger partial charge in [0, 0.05) is 17.5 Å². The molecule has 1 unspecified atom stereocenters. The molecule has 1 atom stereocenters. The minimum absolute atomic E-state index is 0.834. The normalized spacial score (nSPS) is 17.3. The quantitative estimate of drug-likeness (QED) is 0.775. The number of aryl methyl sites for hydroxylation is 2. The Morgan fingerprint density at radius 1 is 1.09 bits per heavy atom. The zero-order valence-corrected chi connectivity index (χ0v) is 13.8. The van der Waals surface area contributed by atoms with E-state index in [1.807, 2.05) is 0 Å². The van der Waals surface area contributed by atoms with Crippen molar-refractivity contribution in [3.05, 3.63) is 47.3 Å². The van der Waals surface area contributed by atoms with Crippen LogP contribution in [-0.4, -0.2) is 9.97 Å². The van der Waals surface area contributed by atoms with Gasteiger partial charge in [-0.3, -0.25) is 0 Å². The number of aromatic nitrogens is 2. The number of hydrogen-bond donors (Lipinski definition) is 0. The molecule has 0 N–H and O–H groups in total. The largest absolute Gasteiger partial charge is 0.236 e. The lowest BCUT2D eigenvalue weighted by Crippen LogP contribution is -2.16. The molecule has 0 saturated heterocycles. The van der Waals surface area contributed by atoms with Gasteiger partial charge in [0.15, 0.2) is 5.82 Å². The summed E-state index contributed by atoms with van der Waals surface area (Å²) in [6.45, 7) is 4.49. The van der Waals surface area contributed by atoms with E-state index >= 15 is 0 Å². The van der Waals surface area contributed by atoms with Gasteiger partial charge in [-0.2, -0.15) is 0 Å². The Kier molecular flexibility index (Phi) is 4.87. The van der Waals surface area contributed by atoms with Crippen LogP contribution in [0.5, 0.6) is 0 Å². The molecule has 1 aromatic carbocycles. The maximum absolute atomic E-state index is 4.84. The Bertz CT molecular complexity index is 616. The number of rotatable bonds is 5. The first-order valence-corrected chi connectivity index (χ1v) is 8.74. The number of nitrogens with zero attached hydrogens (tertiary/aromatic N) is 2. The molecule has 0 spiro atoms. The molecule has 2 nitrogen and oxygen atoms in total. The van der Waals surface area contributed by atoms with Gasteiger partial charge in [0.25, 0.3) is 0 Å². The highest BCUT2D eigenvalue weighted by molar-refractivity contribution is 5.55. The zero-order valence-electron chi connectivity index (χ0n) is 13.8. The van der Waals surface area contributed by atoms with Gasteiger partial charge >= 0.3 is 0 Å². The fourth-order valence-electron chi connectivity index (χ4n) is 3.49. The fraction of sp³-hybridized carbons (Fsp3) is 0.500. The molecule has 3 rings (SSSR count). The first-order chi connectivity index (χ1) is 10.8. The monoisotopic (exact) mass is 294 g/mol. The van der Waals surface area contributed by atoms with Gasteiger partial charge in [-0.05, 0) is 42.7 Å². The molecule has 116 valence electrons. The Morgan fingerprint density at radius 2 is 1.91 bits per heavy atom. The second-order valence-corrected chi connectivity index (χ2v) is 6.51. The van der Waals surface area contributed by atoms with E-state index in [-0.39, 0.29) is 0 Å². The lowest BCUT2D eigenvalue weighted by Gasteiger charge is -2.23. The molecular formula is C20H26N2. The maximum Gasteiger partial charge on any atom is 0.159 e. The van der Waals surface area contributed by atoms with Crippen LogP contribution in [0.15, 0.2) is 30.5 Å². The van der Waals surface area contributed by atoms with E-state index < -0.39 is 0 Å². The van der Waals surface area contributed by atoms with E-state index in [0.717, 1.165) is 30.1 Å². The maximum atomic E-state index is 4.84. The van der Waals surface area contributed by atoms with Gasteiger partial charge in [-0.15, -0.1) is 0 Å². The molecule has 0 fully saturated rings. The highest BCUT2D eigenvalue weighted by Gasteiger charge is 2.20. The van der Waals surface area contributed by atoms with Gasteiger partial charge in [-0.1, -0.05) is 57.4 Å². The van der Waals surface area contributed by atoms with Gasteiger partial charge in [-0.25, -0.2) is 9.97 Å². The van der Waals surface area contributed by atoms with Crippen molar-refractivity contribution in [2.45, 2.75) is 58.8 Å². The molecule has 0 saturated carbocycles. The summed E-state index contributed by atoms with van der Waals surface area (Å²) >= 11 is 0. The first-order valence-electron chi connectivity index (χ1n) is 8.74. The van der Waals surface area contributed by atoms with Crippen LogP contribution in [0.2, 0.25) is 0 Å². The van der Waals surface area contributed by atoms with Crippen LogP contribution in [-0.2, 0) is 19.3 Å². The van der Waals surface area contributed by atoms with Crippen molar-refractivity contribution in [1.82, 2.24) is 9.97 Å². The van der Waals surface area contributed by atoms with Crippen LogP contribution in [0.25, 0.3) is 11.4 Å². The first kappa shape index (κ1) is 15.2. The lowest BCUT2D eigenvalue weighted by molar-refractivity contribution is 0.417. The Hall–Kier alpha value is -1.70. The number of benzene rings is 1. The third-order valence-corrected chi connectivity index (χ3v) is 4.70. The molecule has 0 radical (unpaired) electrons. The SMILES string of the molecule is CCCc1ccc(-c2ncc3c(n2)CCC(CCC)C3)cc1. The van der Waals surface area contributed by atoms with Crippen LogP contribution in [0.4, 0.5) is 0 Å². The molecule has 1 aromatic heterocycles. The van der Waals surface area contributed by atoms with Crippen molar-refractivity contribution in [3.8, 4) is 11.4 Å². The van der Waals surface area contributed by atoms with Crippen molar-refractivity contribution in [2.75, 3.05) is 0 Å². The predicted molar refractivity (Wildman–Crippen MR) is 91.9 cm³/mol. The van der Waals surface area contributed by atoms with Crippen molar-refractivity contribution in [2.24, 2.45) is 5.92 Å². The van der Waals surface area contributed by atoms with Crippen LogP contribution in [0.1, 0.15) is 56.4 Å². The molecule has 22 heavy (non-hydrogen) atoms. The summed E-state index contributed by atoms with van der Waals surface area (Å²) in [5.41, 5.74) is 5.18. The van der Waals surface area contributed by atoms with E-state index in [1.165, 1.54) is 48.9 Å². The molecule has 1 aliphatic rings. The second kappa shape index (κ2) is 7.04. The fourth-order valence-corrected chi connectivity index (χ4v) is 3.49. The van der Waals surface area contributed by atoms with E-state index in [4.69, 9.17) is 4.98 Å². The Labute approximate surface area is 134 Å². The van der Waals surface area contributed by atoms with Gasteiger partial charge < -0.3 is 0 Å². The minimum atomic E-state index is 0.834. The highest BCUT2D eigenvalue weighted by atomic mass is 14.9. The third-order valence-electron chi connectivity index (χ3n) is 4.70. The van der Waals surface area contributed by atoms with Crippen molar-refractivity contribution < 1.29 is 0 Å². The smallest absolute Gasteiger partial charge is 0.159 e. The van der Waals surface area contributed by atoms with Crippen LogP contribution in [0.3, 0.4) is 0 Å². The molecule has 0 bridgehead atoms. The lowest BCUT2D eigenvalue weighted by atomic mass is 9.84. The van der Waals surface area contributed by atoms with Gasteiger partial charge in [0.1, 0.15) is 0 Å². The average Bonchev–Trinajstić information content (AvgIpc) is 2.56. The summed E-state index contributed by atoms with van der Waals surface area (Å²) in [5.74, 6) is 1.72. The predicted octanol–water partition coefficient (Wildman–Crippen LogP) is 5.00. The van der Waals surface area contributed by atoms with Crippen LogP contribution < -0.4 is 0 Å². The molecule has 1 aliphatic carbocycles. The average molecular weight is 294 g/mol. The third kappa shape index (κ3) is 3.37. The molecule has 0 amide bonds. The van der Waals surface area contributed by atoms with Crippen molar-refractivity contribution >= 4 is 0 Å². The second-order valence-electron chi connectivity index (χ2n) is 6.51. The summed E-state index contributed by atoms with van der Waals surface area (Å²) in [7, 11) is 0. The minimum Gasteiger partial charge on any atom is -0.236 e. The summed E-state index contributed by atoms with van der Waals surface area (Å²) in [4.78, 5) is 9.46. The standard InChI is InChI=1S/C20H26N2/c1-3-5-15-7-10-17(11-8-15)20-21-14-18-13-16(6-4-2)9-12-19(18)22-20/h7-8,10-11,14,16H,3-6,9,12-13H2,1-2H3. The number of fused-ring (bicyclic) bond motifs is 1. The van der Waals surface area contributed by atoms with E-state index in [9.17, 15) is 0 Å². The van der Waals surface area contributed by atoms with Gasteiger partial charge in [0.05, 0.1) is 0 Å². The van der Waals surface area contributed by atoms with Crippen LogP contribution in [0, 0.1) is 5.92 Å². The summed E-state index contributed by atoms with van der Waals surface area (Å²) in [6.07, 6.45) is 10.6. The topological polar surface area (TPSA) is 25.8 Å². The molecule has 1 heterocycles. The Balaban J connectivity index is 1.79. The summed E-state index contributed by atoms with van der Waals surface area (Å²) in [6, 6.07) is 8.74. The molecule has 0 aliphatic heterocycles.